The molecule has 4 heteroatoms. The van der Waals surface area contributed by atoms with Crippen molar-refractivity contribution in [1.82, 2.24) is 0 Å². The quantitative estimate of drug-likeness (QED) is 0.555. The van der Waals surface area contributed by atoms with Crippen LogP contribution in [0.15, 0.2) is 0 Å². The Hall–Kier alpha value is -0.610. The van der Waals surface area contributed by atoms with Gasteiger partial charge in [-0.25, -0.2) is 0 Å². The van der Waals surface area contributed by atoms with Crippen LogP contribution in [0.5, 0.6) is 0 Å². The molecule has 0 amide bonds. The predicted molar refractivity (Wildman–Crippen MR) is 86.0 cm³/mol. The van der Waals surface area contributed by atoms with Crippen LogP contribution in [0.1, 0.15) is 64.2 Å². The van der Waals surface area contributed by atoms with E-state index >= 15 is 0 Å². The Kier molecular flexibility index (Phi) is 4.91. The van der Waals surface area contributed by atoms with Crippen molar-refractivity contribution in [2.24, 2.45) is 17.8 Å². The van der Waals surface area contributed by atoms with Crippen molar-refractivity contribution in [3.8, 4) is 0 Å². The van der Waals surface area contributed by atoms with Crippen LogP contribution in [0.25, 0.3) is 0 Å². The van der Waals surface area contributed by atoms with E-state index in [0.717, 1.165) is 45.3 Å². The van der Waals surface area contributed by atoms with Gasteiger partial charge < -0.3 is 14.2 Å². The first-order valence-corrected chi connectivity index (χ1v) is 9.70. The zero-order valence-corrected chi connectivity index (χ0v) is 14.1. The van der Waals surface area contributed by atoms with Gasteiger partial charge in [0.25, 0.3) is 0 Å². The van der Waals surface area contributed by atoms with Crippen LogP contribution < -0.4 is 0 Å². The van der Waals surface area contributed by atoms with Crippen molar-refractivity contribution in [2.75, 3.05) is 13.2 Å². The average Bonchev–Trinajstić information content (AvgIpc) is 3.45. The molecule has 2 heterocycles. The van der Waals surface area contributed by atoms with Crippen LogP contribution in [0.3, 0.4) is 0 Å². The number of ether oxygens (including phenoxy) is 3. The fraction of sp³-hybridized carbons (Fsp3) is 0.947. The lowest BCUT2D eigenvalue weighted by atomic mass is 9.79. The highest BCUT2D eigenvalue weighted by atomic mass is 16.6. The summed E-state index contributed by atoms with van der Waals surface area (Å²) in [6, 6.07) is 0. The minimum absolute atomic E-state index is 0.0831. The van der Waals surface area contributed by atoms with E-state index in [1.54, 1.807) is 0 Å². The molecule has 0 aromatic carbocycles. The summed E-state index contributed by atoms with van der Waals surface area (Å²) < 4.78 is 16.6. The van der Waals surface area contributed by atoms with Gasteiger partial charge >= 0.3 is 5.97 Å². The van der Waals surface area contributed by atoms with Gasteiger partial charge in [-0.1, -0.05) is 19.3 Å². The van der Waals surface area contributed by atoms with E-state index in [4.69, 9.17) is 14.2 Å². The minimum Gasteiger partial charge on any atom is -0.462 e. The van der Waals surface area contributed by atoms with Gasteiger partial charge in [0.15, 0.2) is 0 Å². The van der Waals surface area contributed by atoms with Crippen LogP contribution in [0.2, 0.25) is 0 Å². The second kappa shape index (κ2) is 7.10. The Labute approximate surface area is 139 Å². The van der Waals surface area contributed by atoms with Gasteiger partial charge in [0.05, 0.1) is 31.3 Å². The molecule has 6 unspecified atom stereocenters. The molecule has 4 rings (SSSR count). The van der Waals surface area contributed by atoms with Gasteiger partial charge in [0.2, 0.25) is 0 Å². The molecule has 0 N–H and O–H groups in total. The second-order valence-electron chi connectivity index (χ2n) is 8.20. The molecule has 130 valence electrons. The molecule has 2 saturated carbocycles. The second-order valence-corrected chi connectivity index (χ2v) is 8.20. The molecule has 0 bridgehead atoms. The van der Waals surface area contributed by atoms with Crippen molar-refractivity contribution in [1.29, 1.82) is 0 Å². The number of hydrogen-bond acceptors (Lipinski definition) is 4. The van der Waals surface area contributed by atoms with Crippen molar-refractivity contribution >= 4 is 5.97 Å². The van der Waals surface area contributed by atoms with Gasteiger partial charge in [-0.2, -0.15) is 0 Å². The molecule has 0 aromatic heterocycles. The highest BCUT2D eigenvalue weighted by molar-refractivity contribution is 5.72. The summed E-state index contributed by atoms with van der Waals surface area (Å²) in [5.41, 5.74) is 0. The van der Waals surface area contributed by atoms with Gasteiger partial charge in [0.1, 0.15) is 6.10 Å². The maximum Gasteiger partial charge on any atom is 0.309 e. The third kappa shape index (κ3) is 4.69. The maximum atomic E-state index is 12.6. The highest BCUT2D eigenvalue weighted by Gasteiger charge is 2.35. The van der Waals surface area contributed by atoms with Gasteiger partial charge in [-0.15, -0.1) is 0 Å². The molecule has 0 spiro atoms. The van der Waals surface area contributed by atoms with Crippen LogP contribution in [-0.4, -0.2) is 37.5 Å². The summed E-state index contributed by atoms with van der Waals surface area (Å²) in [7, 11) is 0. The third-order valence-electron chi connectivity index (χ3n) is 6.13. The topological polar surface area (TPSA) is 51.4 Å². The Bertz CT molecular complexity index is 416. The minimum atomic E-state index is 0.0831. The third-order valence-corrected chi connectivity index (χ3v) is 6.13. The monoisotopic (exact) mass is 322 g/mol. The largest absolute Gasteiger partial charge is 0.462 e. The van der Waals surface area contributed by atoms with E-state index < -0.39 is 0 Å². The molecule has 23 heavy (non-hydrogen) atoms. The van der Waals surface area contributed by atoms with Crippen molar-refractivity contribution < 1.29 is 19.0 Å². The van der Waals surface area contributed by atoms with Crippen molar-refractivity contribution in [2.45, 2.75) is 82.5 Å². The van der Waals surface area contributed by atoms with Crippen LogP contribution in [0, 0.1) is 17.8 Å². The first-order valence-electron chi connectivity index (χ1n) is 9.70. The Morgan fingerprint density at radius 1 is 0.870 bits per heavy atom. The van der Waals surface area contributed by atoms with E-state index in [0.29, 0.717) is 24.0 Å². The van der Waals surface area contributed by atoms with Crippen LogP contribution >= 0.6 is 0 Å². The van der Waals surface area contributed by atoms with E-state index in [9.17, 15) is 4.79 Å². The molecule has 4 fully saturated rings. The summed E-state index contributed by atoms with van der Waals surface area (Å²) >= 11 is 0. The van der Waals surface area contributed by atoms with Crippen molar-refractivity contribution in [3.63, 3.8) is 0 Å². The van der Waals surface area contributed by atoms with Gasteiger partial charge in [0, 0.05) is 0 Å². The highest BCUT2D eigenvalue weighted by Crippen LogP contribution is 2.37. The van der Waals surface area contributed by atoms with E-state index in [-0.39, 0.29) is 18.0 Å². The van der Waals surface area contributed by atoms with Gasteiger partial charge in [-0.05, 0) is 56.8 Å². The number of epoxide rings is 2. The van der Waals surface area contributed by atoms with E-state index in [1.807, 2.05) is 0 Å². The molecule has 0 aromatic rings. The molecule has 2 aliphatic carbocycles. The number of rotatable bonds is 6. The fourth-order valence-electron chi connectivity index (χ4n) is 4.69. The van der Waals surface area contributed by atoms with E-state index in [1.165, 1.54) is 32.1 Å². The lowest BCUT2D eigenvalue weighted by Gasteiger charge is -2.32. The summed E-state index contributed by atoms with van der Waals surface area (Å²) in [5.74, 6) is 1.58. The molecule has 2 aliphatic heterocycles. The molecule has 6 atom stereocenters. The summed E-state index contributed by atoms with van der Waals surface area (Å²) in [6.45, 7) is 1.87. The first-order chi connectivity index (χ1) is 11.3. The Balaban J connectivity index is 1.23. The lowest BCUT2D eigenvalue weighted by Crippen LogP contribution is -2.31. The zero-order valence-electron chi connectivity index (χ0n) is 14.1. The van der Waals surface area contributed by atoms with Crippen LogP contribution in [0.4, 0.5) is 0 Å². The standard InChI is InChI=1S/C19H30O4/c20-19(15-5-1-3-13(7-15)9-17-11-21-17)23-16-6-2-4-14(8-16)10-18-12-22-18/h13-18H,1-12H2. The van der Waals surface area contributed by atoms with Crippen LogP contribution in [-0.2, 0) is 19.0 Å². The first kappa shape index (κ1) is 15.9. The van der Waals surface area contributed by atoms with E-state index in [2.05, 4.69) is 0 Å². The number of esters is 1. The summed E-state index contributed by atoms with van der Waals surface area (Å²) in [5, 5.41) is 0. The number of hydrogen-bond donors (Lipinski definition) is 0. The average molecular weight is 322 g/mol. The Morgan fingerprint density at radius 2 is 1.48 bits per heavy atom. The molecular formula is C19H30O4. The fourth-order valence-corrected chi connectivity index (χ4v) is 4.69. The zero-order chi connectivity index (χ0) is 15.6. The summed E-state index contributed by atoms with van der Waals surface area (Å²) in [4.78, 5) is 12.6. The molecule has 4 aliphatic rings. The number of carbonyl (C=O) groups is 1. The summed E-state index contributed by atoms with van der Waals surface area (Å²) in [6.07, 6.45) is 12.5. The molecule has 2 saturated heterocycles. The smallest absolute Gasteiger partial charge is 0.309 e. The Morgan fingerprint density at radius 3 is 2.13 bits per heavy atom. The maximum absolute atomic E-state index is 12.6. The number of carbonyl (C=O) groups excluding carboxylic acids is 1. The van der Waals surface area contributed by atoms with Gasteiger partial charge in [-0.3, -0.25) is 4.79 Å². The lowest BCUT2D eigenvalue weighted by molar-refractivity contribution is -0.158. The normalized spacial score (nSPS) is 43.0. The molecule has 4 nitrogen and oxygen atoms in total. The predicted octanol–water partition coefficient (Wildman–Crippen LogP) is 3.47. The molecular weight excluding hydrogens is 292 g/mol. The van der Waals surface area contributed by atoms with Crippen molar-refractivity contribution in [3.05, 3.63) is 0 Å². The molecule has 0 radical (unpaired) electrons. The SMILES string of the molecule is O=C(OC1CCCC(CC2CO2)C1)C1CCCC(CC2CO2)C1.